The van der Waals surface area contributed by atoms with Gasteiger partial charge in [-0.3, -0.25) is 4.79 Å². The van der Waals surface area contributed by atoms with Crippen LogP contribution in [0, 0.1) is 0 Å². The molecule has 0 bridgehead atoms. The number of thioether (sulfide) groups is 1. The Balaban J connectivity index is 2.37. The average molecular weight is 336 g/mol. The Labute approximate surface area is 126 Å². The highest BCUT2D eigenvalue weighted by atomic mass is 35.5. The summed E-state index contributed by atoms with van der Waals surface area (Å²) in [5.74, 6) is 0.627. The minimum atomic E-state index is -3.36. The molecule has 1 atom stereocenters. The van der Waals surface area contributed by atoms with Crippen LogP contribution in [0.25, 0.3) is 0 Å². The molecule has 0 aromatic carbocycles. The van der Waals surface area contributed by atoms with E-state index in [1.165, 1.54) is 28.9 Å². The van der Waals surface area contributed by atoms with Crippen molar-refractivity contribution >= 4 is 44.8 Å². The van der Waals surface area contributed by atoms with E-state index in [1.807, 2.05) is 0 Å². The summed E-state index contributed by atoms with van der Waals surface area (Å²) in [5.41, 5.74) is 6.10. The van der Waals surface area contributed by atoms with Gasteiger partial charge in [0.15, 0.2) is 9.84 Å². The van der Waals surface area contributed by atoms with E-state index < -0.39 is 21.1 Å². The zero-order chi connectivity index (χ0) is 14.9. The minimum absolute atomic E-state index is 0.143. The summed E-state index contributed by atoms with van der Waals surface area (Å²) < 4.78 is 23.6. The summed E-state index contributed by atoms with van der Waals surface area (Å²) in [6.07, 6.45) is 2.43. The van der Waals surface area contributed by atoms with Crippen molar-refractivity contribution in [3.8, 4) is 0 Å². The fourth-order valence-electron chi connectivity index (χ4n) is 1.95. The number of sulfone groups is 1. The second kappa shape index (κ2) is 5.79. The van der Waals surface area contributed by atoms with Crippen molar-refractivity contribution in [1.29, 1.82) is 0 Å². The van der Waals surface area contributed by atoms with Gasteiger partial charge in [-0.25, -0.2) is 13.4 Å². The lowest BCUT2D eigenvalue weighted by atomic mass is 10.2. The number of nitrogens with two attached hydrogens (primary N) is 1. The summed E-state index contributed by atoms with van der Waals surface area (Å²) in [6, 6.07) is 1.36. The van der Waals surface area contributed by atoms with E-state index in [1.54, 1.807) is 0 Å². The average Bonchev–Trinajstić information content (AvgIpc) is 2.40. The fraction of sp³-hybridized carbons (Fsp3) is 0.455. The molecule has 1 saturated heterocycles. The standard InChI is InChI=1S/C11H14ClN3O3S2/c1-20(17,18)10-6-19-3-2-15(10)11(16)7-4-9(12)14-5-8(7)13/h4-5,10H,2-3,6,13H2,1H3. The largest absolute Gasteiger partial charge is 0.397 e. The zero-order valence-electron chi connectivity index (χ0n) is 10.7. The van der Waals surface area contributed by atoms with E-state index in [0.717, 1.165) is 6.26 Å². The second-order valence-corrected chi connectivity index (χ2v) is 8.19. The fourth-order valence-corrected chi connectivity index (χ4v) is 4.92. The van der Waals surface area contributed by atoms with Gasteiger partial charge in [0, 0.05) is 24.3 Å². The number of aromatic nitrogens is 1. The molecule has 1 aliphatic rings. The van der Waals surface area contributed by atoms with E-state index in [0.29, 0.717) is 18.1 Å². The van der Waals surface area contributed by atoms with E-state index >= 15 is 0 Å². The lowest BCUT2D eigenvalue weighted by molar-refractivity contribution is 0.0750. The third-order valence-corrected chi connectivity index (χ3v) is 5.82. The van der Waals surface area contributed by atoms with Crippen LogP contribution < -0.4 is 5.73 Å². The normalized spacial score (nSPS) is 19.9. The SMILES string of the molecule is CS(=O)(=O)C1CSCCN1C(=O)c1cc(Cl)ncc1N. The van der Waals surface area contributed by atoms with Crippen molar-refractivity contribution in [2.45, 2.75) is 5.37 Å². The predicted octanol–water partition coefficient (Wildman–Crippen LogP) is 0.877. The molecule has 20 heavy (non-hydrogen) atoms. The molecular formula is C11H14ClN3O3S2. The summed E-state index contributed by atoms with van der Waals surface area (Å²) in [5, 5.41) is -0.690. The molecule has 1 aliphatic heterocycles. The highest BCUT2D eigenvalue weighted by molar-refractivity contribution is 8.00. The smallest absolute Gasteiger partial charge is 0.257 e. The molecule has 2 rings (SSSR count). The Hall–Kier alpha value is -0.990. The monoisotopic (exact) mass is 335 g/mol. The van der Waals surface area contributed by atoms with Gasteiger partial charge in [0.25, 0.3) is 5.91 Å². The molecule has 1 amide bonds. The third-order valence-electron chi connectivity index (χ3n) is 2.97. The summed E-state index contributed by atoms with van der Waals surface area (Å²) >= 11 is 7.28. The first-order valence-corrected chi connectivity index (χ1v) is 9.28. The number of halogens is 1. The first-order valence-electron chi connectivity index (χ1n) is 5.79. The summed E-state index contributed by atoms with van der Waals surface area (Å²) in [6.45, 7) is 0.362. The summed E-state index contributed by atoms with van der Waals surface area (Å²) in [7, 11) is -3.36. The lowest BCUT2D eigenvalue weighted by Crippen LogP contribution is -2.50. The molecule has 0 radical (unpaired) electrons. The molecular weight excluding hydrogens is 322 g/mol. The molecule has 2 N–H and O–H groups in total. The molecule has 0 aliphatic carbocycles. The zero-order valence-corrected chi connectivity index (χ0v) is 13.1. The number of hydrogen-bond acceptors (Lipinski definition) is 6. The van der Waals surface area contributed by atoms with Gasteiger partial charge >= 0.3 is 0 Å². The van der Waals surface area contributed by atoms with E-state index in [4.69, 9.17) is 17.3 Å². The van der Waals surface area contributed by atoms with Gasteiger partial charge in [-0.05, 0) is 6.07 Å². The first-order chi connectivity index (χ1) is 9.30. The number of hydrogen-bond donors (Lipinski definition) is 1. The number of amides is 1. The highest BCUT2D eigenvalue weighted by Gasteiger charge is 2.35. The van der Waals surface area contributed by atoms with Gasteiger partial charge in [-0.2, -0.15) is 11.8 Å². The topological polar surface area (TPSA) is 93.4 Å². The number of carbonyl (C=O) groups excluding carboxylic acids is 1. The molecule has 6 nitrogen and oxygen atoms in total. The van der Waals surface area contributed by atoms with Crippen LogP contribution in [0.2, 0.25) is 5.15 Å². The Morgan fingerprint density at radius 3 is 2.95 bits per heavy atom. The van der Waals surface area contributed by atoms with Crippen LogP contribution in [0.4, 0.5) is 5.69 Å². The Bertz CT molecular complexity index is 636. The van der Waals surface area contributed by atoms with E-state index in [-0.39, 0.29) is 16.4 Å². The van der Waals surface area contributed by atoms with Gasteiger partial charge < -0.3 is 10.6 Å². The van der Waals surface area contributed by atoms with Crippen molar-refractivity contribution in [2.75, 3.05) is 30.0 Å². The molecule has 0 spiro atoms. The molecule has 110 valence electrons. The number of carbonyl (C=O) groups is 1. The van der Waals surface area contributed by atoms with Gasteiger partial charge in [-0.15, -0.1) is 0 Å². The van der Waals surface area contributed by atoms with Crippen LogP contribution >= 0.6 is 23.4 Å². The quantitative estimate of drug-likeness (QED) is 0.806. The van der Waals surface area contributed by atoms with Crippen molar-refractivity contribution in [2.24, 2.45) is 0 Å². The molecule has 9 heteroatoms. The molecule has 0 saturated carbocycles. The third kappa shape index (κ3) is 3.18. The Kier molecular flexibility index (Phi) is 4.46. The number of nitrogen functional groups attached to an aromatic ring is 1. The predicted molar refractivity (Wildman–Crippen MR) is 80.7 cm³/mol. The number of nitrogens with zero attached hydrogens (tertiary/aromatic N) is 2. The van der Waals surface area contributed by atoms with Crippen molar-refractivity contribution < 1.29 is 13.2 Å². The van der Waals surface area contributed by atoms with Crippen molar-refractivity contribution in [3.63, 3.8) is 0 Å². The maximum Gasteiger partial charge on any atom is 0.257 e. The van der Waals surface area contributed by atoms with Crippen LogP contribution in [0.15, 0.2) is 12.3 Å². The first kappa shape index (κ1) is 15.4. The molecule has 1 aromatic rings. The number of anilines is 1. The lowest BCUT2D eigenvalue weighted by Gasteiger charge is -2.34. The molecule has 1 unspecified atom stereocenters. The molecule has 2 heterocycles. The van der Waals surface area contributed by atoms with Gasteiger partial charge in [-0.1, -0.05) is 11.6 Å². The van der Waals surface area contributed by atoms with Gasteiger partial charge in [0.2, 0.25) is 0 Å². The second-order valence-electron chi connectivity index (χ2n) is 4.45. The summed E-state index contributed by atoms with van der Waals surface area (Å²) in [4.78, 5) is 17.6. The van der Waals surface area contributed by atoms with Crippen LogP contribution in [0.5, 0.6) is 0 Å². The van der Waals surface area contributed by atoms with Crippen molar-refractivity contribution in [1.82, 2.24) is 9.88 Å². The van der Waals surface area contributed by atoms with Gasteiger partial charge in [0.05, 0.1) is 17.4 Å². The van der Waals surface area contributed by atoms with Crippen LogP contribution in [-0.4, -0.2) is 53.9 Å². The van der Waals surface area contributed by atoms with E-state index in [9.17, 15) is 13.2 Å². The van der Waals surface area contributed by atoms with Crippen LogP contribution in [0.3, 0.4) is 0 Å². The minimum Gasteiger partial charge on any atom is -0.397 e. The van der Waals surface area contributed by atoms with Crippen LogP contribution in [-0.2, 0) is 9.84 Å². The molecule has 1 fully saturated rings. The highest BCUT2D eigenvalue weighted by Crippen LogP contribution is 2.25. The Morgan fingerprint density at radius 2 is 2.30 bits per heavy atom. The van der Waals surface area contributed by atoms with Crippen molar-refractivity contribution in [3.05, 3.63) is 23.0 Å². The maximum atomic E-state index is 12.5. The number of pyridine rings is 1. The number of rotatable bonds is 2. The molecule has 1 aromatic heterocycles. The van der Waals surface area contributed by atoms with Gasteiger partial charge in [0.1, 0.15) is 10.5 Å². The maximum absolute atomic E-state index is 12.5. The van der Waals surface area contributed by atoms with Crippen LogP contribution in [0.1, 0.15) is 10.4 Å². The van der Waals surface area contributed by atoms with E-state index in [2.05, 4.69) is 4.98 Å². The Morgan fingerprint density at radius 1 is 1.60 bits per heavy atom.